The van der Waals surface area contributed by atoms with E-state index in [-0.39, 0.29) is 5.63 Å². The van der Waals surface area contributed by atoms with Gasteiger partial charge in [-0.25, -0.2) is 4.79 Å². The van der Waals surface area contributed by atoms with Gasteiger partial charge in [-0.15, -0.1) is 10.2 Å². The van der Waals surface area contributed by atoms with Crippen molar-refractivity contribution in [3.8, 4) is 5.69 Å². The van der Waals surface area contributed by atoms with Gasteiger partial charge in [0.2, 0.25) is 0 Å². The highest BCUT2D eigenvalue weighted by molar-refractivity contribution is 7.98. The normalized spacial score (nSPS) is 14.8. The summed E-state index contributed by atoms with van der Waals surface area (Å²) in [6.45, 7) is 5.00. The first-order valence-corrected chi connectivity index (χ1v) is 12.0. The molecular weight excluding hydrogens is 420 g/mol. The molecule has 0 saturated carbocycles. The first-order valence-electron chi connectivity index (χ1n) is 11.1. The van der Waals surface area contributed by atoms with E-state index < -0.39 is 0 Å². The molecule has 0 radical (unpaired) electrons. The summed E-state index contributed by atoms with van der Waals surface area (Å²) in [5, 5.41) is 10.9. The van der Waals surface area contributed by atoms with Crippen LogP contribution in [0.15, 0.2) is 69.0 Å². The second kappa shape index (κ2) is 9.30. The van der Waals surface area contributed by atoms with Crippen LogP contribution in [0.25, 0.3) is 16.7 Å². The maximum Gasteiger partial charge on any atom is 0.336 e. The molecule has 6 nitrogen and oxygen atoms in total. The molecule has 1 saturated heterocycles. The molecule has 1 fully saturated rings. The van der Waals surface area contributed by atoms with Crippen LogP contribution in [0.2, 0.25) is 0 Å². The zero-order chi connectivity index (χ0) is 21.9. The van der Waals surface area contributed by atoms with Crippen molar-refractivity contribution in [2.75, 3.05) is 13.1 Å². The van der Waals surface area contributed by atoms with Crippen molar-refractivity contribution in [1.29, 1.82) is 0 Å². The Bertz CT molecular complexity index is 1280. The molecule has 2 aromatic carbocycles. The SMILES string of the molecule is Cc1ccc2c(CSc3nnc(CN4CCCCC4)n3-c3ccccc3)cc(=O)oc2c1. The number of thioether (sulfide) groups is 1. The van der Waals surface area contributed by atoms with Crippen LogP contribution in [0.3, 0.4) is 0 Å². The summed E-state index contributed by atoms with van der Waals surface area (Å²) >= 11 is 1.60. The monoisotopic (exact) mass is 446 g/mol. The molecule has 0 N–H and O–H groups in total. The van der Waals surface area contributed by atoms with Gasteiger partial charge < -0.3 is 4.42 Å². The third kappa shape index (κ3) is 4.49. The van der Waals surface area contributed by atoms with Crippen molar-refractivity contribution in [1.82, 2.24) is 19.7 Å². The van der Waals surface area contributed by atoms with E-state index in [1.165, 1.54) is 19.3 Å². The predicted molar refractivity (Wildman–Crippen MR) is 127 cm³/mol. The number of para-hydroxylation sites is 1. The highest BCUT2D eigenvalue weighted by Crippen LogP contribution is 2.29. The third-order valence-corrected chi connectivity index (χ3v) is 6.85. The van der Waals surface area contributed by atoms with Gasteiger partial charge >= 0.3 is 5.63 Å². The van der Waals surface area contributed by atoms with Crippen LogP contribution in [0.1, 0.15) is 36.2 Å². The molecule has 0 aliphatic carbocycles. The number of benzene rings is 2. The lowest BCUT2D eigenvalue weighted by Gasteiger charge is -2.26. The fraction of sp³-hybridized carbons (Fsp3) is 0.320. The number of piperidine rings is 1. The quantitative estimate of drug-likeness (QED) is 0.308. The molecule has 164 valence electrons. The fourth-order valence-corrected chi connectivity index (χ4v) is 5.21. The summed E-state index contributed by atoms with van der Waals surface area (Å²) in [4.78, 5) is 14.6. The van der Waals surface area contributed by atoms with E-state index in [0.29, 0.717) is 11.3 Å². The minimum Gasteiger partial charge on any atom is -0.423 e. The predicted octanol–water partition coefficient (Wildman–Crippen LogP) is 4.96. The molecule has 7 heteroatoms. The fourth-order valence-electron chi connectivity index (χ4n) is 4.25. The number of fused-ring (bicyclic) bond motifs is 1. The van der Waals surface area contributed by atoms with E-state index in [4.69, 9.17) is 4.42 Å². The van der Waals surface area contributed by atoms with Crippen molar-refractivity contribution in [2.45, 2.75) is 43.6 Å². The number of aryl methyl sites for hydroxylation is 1. The molecule has 0 unspecified atom stereocenters. The molecule has 1 aliphatic rings. The highest BCUT2D eigenvalue weighted by atomic mass is 32.2. The van der Waals surface area contributed by atoms with Crippen LogP contribution < -0.4 is 5.63 Å². The molecule has 4 aromatic rings. The Balaban J connectivity index is 1.46. The second-order valence-electron chi connectivity index (χ2n) is 8.29. The summed E-state index contributed by atoms with van der Waals surface area (Å²) in [5.74, 6) is 1.56. The molecular formula is C25H26N4O2S. The average Bonchev–Trinajstić information content (AvgIpc) is 3.20. The maximum atomic E-state index is 12.1. The molecule has 0 atom stereocenters. The van der Waals surface area contributed by atoms with Gasteiger partial charge in [0, 0.05) is 22.9 Å². The van der Waals surface area contributed by atoms with Crippen LogP contribution >= 0.6 is 11.8 Å². The summed E-state index contributed by atoms with van der Waals surface area (Å²) in [6.07, 6.45) is 3.79. The van der Waals surface area contributed by atoms with Gasteiger partial charge in [0.25, 0.3) is 0 Å². The molecule has 1 aliphatic heterocycles. The van der Waals surface area contributed by atoms with Gasteiger partial charge in [-0.1, -0.05) is 48.5 Å². The second-order valence-corrected chi connectivity index (χ2v) is 9.23. The van der Waals surface area contributed by atoms with Gasteiger partial charge in [0.05, 0.1) is 6.54 Å². The molecule has 32 heavy (non-hydrogen) atoms. The summed E-state index contributed by atoms with van der Waals surface area (Å²) < 4.78 is 7.56. The number of aromatic nitrogens is 3. The number of rotatable bonds is 6. The van der Waals surface area contributed by atoms with Crippen molar-refractivity contribution in [3.63, 3.8) is 0 Å². The van der Waals surface area contributed by atoms with Crippen LogP contribution in [0, 0.1) is 6.92 Å². The Morgan fingerprint density at radius 2 is 1.81 bits per heavy atom. The largest absolute Gasteiger partial charge is 0.423 e. The lowest BCUT2D eigenvalue weighted by atomic mass is 10.1. The standard InChI is InChI=1S/C25H26N4O2S/c1-18-10-11-21-19(15-24(30)31-22(21)14-18)17-32-25-27-26-23(16-28-12-6-3-7-13-28)29(25)20-8-4-2-5-9-20/h2,4-5,8-11,14-15H,3,6-7,12-13,16-17H2,1H3. The van der Waals surface area contributed by atoms with Gasteiger partial charge in [-0.05, 0) is 62.2 Å². The summed E-state index contributed by atoms with van der Waals surface area (Å²) in [6, 6.07) is 17.8. The van der Waals surface area contributed by atoms with Crippen molar-refractivity contribution < 1.29 is 4.42 Å². The minimum atomic E-state index is -0.325. The Kier molecular flexibility index (Phi) is 6.10. The van der Waals surface area contributed by atoms with E-state index in [1.807, 2.05) is 43.3 Å². The summed E-state index contributed by atoms with van der Waals surface area (Å²) in [7, 11) is 0. The Morgan fingerprint density at radius 1 is 1.00 bits per heavy atom. The topological polar surface area (TPSA) is 64.2 Å². The smallest absolute Gasteiger partial charge is 0.336 e. The molecule has 0 spiro atoms. The van der Waals surface area contributed by atoms with Crippen molar-refractivity contribution >= 4 is 22.7 Å². The first kappa shape index (κ1) is 21.0. The van der Waals surface area contributed by atoms with E-state index in [1.54, 1.807) is 17.8 Å². The number of likely N-dealkylation sites (tertiary alicyclic amines) is 1. The van der Waals surface area contributed by atoms with Gasteiger partial charge in [-0.2, -0.15) is 0 Å². The number of nitrogens with zero attached hydrogens (tertiary/aromatic N) is 4. The van der Waals surface area contributed by atoms with Crippen LogP contribution in [-0.2, 0) is 12.3 Å². The first-order chi connectivity index (χ1) is 15.7. The van der Waals surface area contributed by atoms with Crippen LogP contribution in [0.5, 0.6) is 0 Å². The molecule has 5 rings (SSSR count). The van der Waals surface area contributed by atoms with E-state index in [0.717, 1.165) is 52.8 Å². The van der Waals surface area contributed by atoms with Crippen LogP contribution in [0.4, 0.5) is 0 Å². The van der Waals surface area contributed by atoms with E-state index >= 15 is 0 Å². The lowest BCUT2D eigenvalue weighted by molar-refractivity contribution is 0.214. The van der Waals surface area contributed by atoms with E-state index in [9.17, 15) is 4.79 Å². The molecule has 3 heterocycles. The van der Waals surface area contributed by atoms with Gasteiger partial charge in [-0.3, -0.25) is 9.47 Å². The number of hydrogen-bond acceptors (Lipinski definition) is 6. The van der Waals surface area contributed by atoms with Crippen molar-refractivity contribution in [2.24, 2.45) is 0 Å². The van der Waals surface area contributed by atoms with Crippen molar-refractivity contribution in [3.05, 3.63) is 82.0 Å². The van der Waals surface area contributed by atoms with Gasteiger partial charge in [0.15, 0.2) is 11.0 Å². The van der Waals surface area contributed by atoms with Gasteiger partial charge in [0.1, 0.15) is 5.58 Å². The molecule has 0 bridgehead atoms. The van der Waals surface area contributed by atoms with Crippen LogP contribution in [-0.4, -0.2) is 32.8 Å². The molecule has 0 amide bonds. The Hall–Kier alpha value is -2.90. The highest BCUT2D eigenvalue weighted by Gasteiger charge is 2.19. The minimum absolute atomic E-state index is 0.325. The zero-order valence-electron chi connectivity index (χ0n) is 18.2. The average molecular weight is 447 g/mol. The Labute approximate surface area is 191 Å². The number of hydrogen-bond donors (Lipinski definition) is 0. The summed E-state index contributed by atoms with van der Waals surface area (Å²) in [5.41, 5.74) is 3.37. The molecule has 2 aromatic heterocycles. The lowest BCUT2D eigenvalue weighted by Crippen LogP contribution is -2.30. The van der Waals surface area contributed by atoms with E-state index in [2.05, 4.69) is 31.8 Å². The Morgan fingerprint density at radius 3 is 2.62 bits per heavy atom. The zero-order valence-corrected chi connectivity index (χ0v) is 19.0. The maximum absolute atomic E-state index is 12.1. The third-order valence-electron chi connectivity index (χ3n) is 5.87.